The predicted molar refractivity (Wildman–Crippen MR) is 122 cm³/mol. The number of benzene rings is 3. The normalized spacial score (nSPS) is 10.7. The molecule has 0 saturated heterocycles. The van der Waals surface area contributed by atoms with Gasteiger partial charge in [-0.2, -0.15) is 0 Å². The van der Waals surface area contributed by atoms with Crippen molar-refractivity contribution < 1.29 is 14.2 Å². The Morgan fingerprint density at radius 3 is 2.37 bits per heavy atom. The first-order valence-electron chi connectivity index (χ1n) is 10.1. The summed E-state index contributed by atoms with van der Waals surface area (Å²) in [5, 5.41) is 4.07. The van der Waals surface area contributed by atoms with Gasteiger partial charge in [-0.05, 0) is 37.1 Å². The predicted octanol–water partition coefficient (Wildman–Crippen LogP) is 5.92. The summed E-state index contributed by atoms with van der Waals surface area (Å²) in [5.74, 6) is 2.21. The number of halogens is 1. The van der Waals surface area contributed by atoms with Gasteiger partial charge in [0.05, 0.1) is 13.7 Å². The molecule has 0 unspecified atom stereocenters. The number of nitrogens with one attached hydrogen (secondary N) is 1. The molecule has 0 aliphatic rings. The maximum Gasteiger partial charge on any atom is 0.163 e. The van der Waals surface area contributed by atoms with Crippen LogP contribution in [0.5, 0.6) is 17.2 Å². The first kappa shape index (κ1) is 22.0. The Bertz CT molecular complexity index is 974. The van der Waals surface area contributed by atoms with Crippen molar-refractivity contribution in [3.63, 3.8) is 0 Å². The Morgan fingerprint density at radius 2 is 1.60 bits per heavy atom. The zero-order chi connectivity index (χ0) is 21.3. The van der Waals surface area contributed by atoms with Gasteiger partial charge in [-0.25, -0.2) is 0 Å². The van der Waals surface area contributed by atoms with Crippen molar-refractivity contribution in [2.24, 2.45) is 0 Å². The molecule has 30 heavy (non-hydrogen) atoms. The van der Waals surface area contributed by atoms with Crippen LogP contribution in [-0.4, -0.2) is 13.7 Å². The Kier molecular flexibility index (Phi) is 8.00. The van der Waals surface area contributed by atoms with Gasteiger partial charge >= 0.3 is 0 Å². The van der Waals surface area contributed by atoms with Crippen molar-refractivity contribution in [1.82, 2.24) is 5.32 Å². The van der Waals surface area contributed by atoms with Crippen molar-refractivity contribution in [1.29, 1.82) is 0 Å². The van der Waals surface area contributed by atoms with Crippen molar-refractivity contribution in [3.8, 4) is 17.2 Å². The van der Waals surface area contributed by atoms with Gasteiger partial charge in [-0.1, -0.05) is 59.6 Å². The third-order valence-corrected chi connectivity index (χ3v) is 5.06. The molecule has 3 aromatic carbocycles. The number of hydrogen-bond donors (Lipinski definition) is 1. The van der Waals surface area contributed by atoms with E-state index in [4.69, 9.17) is 25.8 Å². The fourth-order valence-corrected chi connectivity index (χ4v) is 3.46. The molecule has 0 amide bonds. The fraction of sp³-hybridized carbons (Fsp3) is 0.280. The van der Waals surface area contributed by atoms with Crippen LogP contribution in [0.4, 0.5) is 0 Å². The largest absolute Gasteiger partial charge is 0.496 e. The van der Waals surface area contributed by atoms with E-state index >= 15 is 0 Å². The van der Waals surface area contributed by atoms with Gasteiger partial charge in [-0.3, -0.25) is 0 Å². The van der Waals surface area contributed by atoms with Crippen LogP contribution in [0.25, 0.3) is 0 Å². The highest BCUT2D eigenvalue weighted by Crippen LogP contribution is 2.34. The molecule has 0 aromatic heterocycles. The van der Waals surface area contributed by atoms with Crippen LogP contribution in [0.1, 0.15) is 29.2 Å². The number of rotatable bonds is 10. The number of para-hydroxylation sites is 1. The second-order valence-electron chi connectivity index (χ2n) is 7.02. The summed E-state index contributed by atoms with van der Waals surface area (Å²) in [6, 6.07) is 20.0. The summed E-state index contributed by atoms with van der Waals surface area (Å²) >= 11 is 6.55. The molecule has 0 atom stereocenters. The van der Waals surface area contributed by atoms with E-state index in [9.17, 15) is 0 Å². The highest BCUT2D eigenvalue weighted by atomic mass is 35.5. The molecule has 0 fully saturated rings. The summed E-state index contributed by atoms with van der Waals surface area (Å²) < 4.78 is 17.2. The molecule has 4 nitrogen and oxygen atoms in total. The number of aryl methyl sites for hydroxylation is 1. The number of ether oxygens (including phenoxy) is 3. The maximum atomic E-state index is 6.55. The van der Waals surface area contributed by atoms with Crippen LogP contribution in [0.3, 0.4) is 0 Å². The quantitative estimate of drug-likeness (QED) is 0.437. The molecule has 0 aliphatic carbocycles. The highest BCUT2D eigenvalue weighted by molar-refractivity contribution is 6.31. The van der Waals surface area contributed by atoms with Crippen molar-refractivity contribution in [2.45, 2.75) is 33.5 Å². The van der Waals surface area contributed by atoms with E-state index in [1.807, 2.05) is 55.5 Å². The number of methoxy groups -OCH3 is 1. The van der Waals surface area contributed by atoms with Gasteiger partial charge in [0.2, 0.25) is 0 Å². The average molecular weight is 426 g/mol. The van der Waals surface area contributed by atoms with Gasteiger partial charge < -0.3 is 19.5 Å². The summed E-state index contributed by atoms with van der Waals surface area (Å²) in [5.41, 5.74) is 4.36. The van der Waals surface area contributed by atoms with E-state index in [-0.39, 0.29) is 0 Å². The van der Waals surface area contributed by atoms with Crippen LogP contribution in [-0.2, 0) is 19.7 Å². The van der Waals surface area contributed by atoms with Crippen LogP contribution in [0.15, 0.2) is 60.7 Å². The lowest BCUT2D eigenvalue weighted by molar-refractivity contribution is 0.269. The molecule has 0 heterocycles. The maximum absolute atomic E-state index is 6.55. The van der Waals surface area contributed by atoms with E-state index < -0.39 is 0 Å². The lowest BCUT2D eigenvalue weighted by Crippen LogP contribution is -2.14. The monoisotopic (exact) mass is 425 g/mol. The molecule has 0 spiro atoms. The first-order valence-corrected chi connectivity index (χ1v) is 10.4. The SMILES string of the molecule is CCOc1cc(CNCc2ccccc2OC)c(Cl)cc1OCc1cccc(C)c1. The fourth-order valence-electron chi connectivity index (χ4n) is 3.24. The summed E-state index contributed by atoms with van der Waals surface area (Å²) in [6.45, 7) is 6.32. The van der Waals surface area contributed by atoms with Gasteiger partial charge in [0.15, 0.2) is 11.5 Å². The van der Waals surface area contributed by atoms with Crippen LogP contribution in [0.2, 0.25) is 5.02 Å². The lowest BCUT2D eigenvalue weighted by atomic mass is 10.1. The van der Waals surface area contributed by atoms with E-state index in [0.29, 0.717) is 42.8 Å². The van der Waals surface area contributed by atoms with Crippen molar-refractivity contribution in [2.75, 3.05) is 13.7 Å². The van der Waals surface area contributed by atoms with E-state index in [2.05, 4.69) is 24.4 Å². The zero-order valence-electron chi connectivity index (χ0n) is 17.7. The third-order valence-electron chi connectivity index (χ3n) is 4.71. The van der Waals surface area contributed by atoms with E-state index in [1.54, 1.807) is 7.11 Å². The van der Waals surface area contributed by atoms with Gasteiger partial charge in [0.1, 0.15) is 12.4 Å². The van der Waals surface area contributed by atoms with Gasteiger partial charge in [0, 0.05) is 29.7 Å². The van der Waals surface area contributed by atoms with Crippen LogP contribution >= 0.6 is 11.6 Å². The third kappa shape index (κ3) is 5.91. The Balaban J connectivity index is 1.69. The number of hydrogen-bond acceptors (Lipinski definition) is 4. The molecule has 0 saturated carbocycles. The van der Waals surface area contributed by atoms with Gasteiger partial charge in [0.25, 0.3) is 0 Å². The molecule has 0 bridgehead atoms. The molecular weight excluding hydrogens is 398 g/mol. The van der Waals surface area contributed by atoms with E-state index in [0.717, 1.165) is 22.4 Å². The summed E-state index contributed by atoms with van der Waals surface area (Å²) in [6.07, 6.45) is 0. The van der Waals surface area contributed by atoms with Crippen molar-refractivity contribution >= 4 is 11.6 Å². The Hall–Kier alpha value is -2.69. The lowest BCUT2D eigenvalue weighted by Gasteiger charge is -2.16. The standard InChI is InChI=1S/C25H28ClNO3/c1-4-29-24-13-21(16-27-15-20-10-5-6-11-23(20)28-3)22(26)14-25(24)30-17-19-9-7-8-18(2)12-19/h5-14,27H,4,15-17H2,1-3H3. The second kappa shape index (κ2) is 10.9. The van der Waals surface area contributed by atoms with Crippen molar-refractivity contribution in [3.05, 3.63) is 87.9 Å². The topological polar surface area (TPSA) is 39.7 Å². The molecule has 158 valence electrons. The first-order chi connectivity index (χ1) is 14.6. The minimum Gasteiger partial charge on any atom is -0.496 e. The average Bonchev–Trinajstić information content (AvgIpc) is 2.75. The minimum absolute atomic E-state index is 0.462. The molecule has 5 heteroatoms. The summed E-state index contributed by atoms with van der Waals surface area (Å²) in [7, 11) is 1.68. The second-order valence-corrected chi connectivity index (χ2v) is 7.42. The molecule has 0 radical (unpaired) electrons. The molecule has 3 rings (SSSR count). The zero-order valence-corrected chi connectivity index (χ0v) is 18.5. The van der Waals surface area contributed by atoms with Crippen LogP contribution in [0, 0.1) is 6.92 Å². The molecule has 3 aromatic rings. The Labute approximate surface area is 183 Å². The molecular formula is C25H28ClNO3. The molecule has 0 aliphatic heterocycles. The minimum atomic E-state index is 0.462. The van der Waals surface area contributed by atoms with E-state index in [1.165, 1.54) is 5.56 Å². The van der Waals surface area contributed by atoms with Crippen LogP contribution < -0.4 is 19.5 Å². The summed E-state index contributed by atoms with van der Waals surface area (Å²) in [4.78, 5) is 0. The highest BCUT2D eigenvalue weighted by Gasteiger charge is 2.12. The molecule has 1 N–H and O–H groups in total. The smallest absolute Gasteiger partial charge is 0.163 e. The van der Waals surface area contributed by atoms with Gasteiger partial charge in [-0.15, -0.1) is 0 Å². The Morgan fingerprint density at radius 1 is 0.833 bits per heavy atom.